The van der Waals surface area contributed by atoms with E-state index in [9.17, 15) is 18.4 Å². The van der Waals surface area contributed by atoms with Crippen LogP contribution in [0.5, 0.6) is 5.75 Å². The van der Waals surface area contributed by atoms with E-state index >= 15 is 0 Å². The molecule has 6 heteroatoms. The molecule has 3 rings (SSSR count). The molecule has 0 fully saturated rings. The topological polar surface area (TPSA) is 52.6 Å². The maximum atomic E-state index is 13.3. The number of hydrogen-bond donors (Lipinski definition) is 0. The van der Waals surface area contributed by atoms with Crippen LogP contribution >= 0.6 is 0 Å². The summed E-state index contributed by atoms with van der Waals surface area (Å²) in [4.78, 5) is 24.4. The van der Waals surface area contributed by atoms with Crippen molar-refractivity contribution in [3.8, 4) is 5.75 Å². The Hall–Kier alpha value is -3.28. The standard InChI is InChI=1S/C20H14F2O4/c1-2-25-19(23)11-15-14-6-4-3-5-12(14)9-16(15)20(24)26-13-7-8-17(21)18(22)10-13/h3-11H,2H2,1H3/b15-11+. The highest BCUT2D eigenvalue weighted by Gasteiger charge is 2.26. The first-order valence-corrected chi connectivity index (χ1v) is 7.86. The number of halogens is 2. The molecule has 0 aromatic heterocycles. The monoisotopic (exact) mass is 356 g/mol. The third-order valence-corrected chi connectivity index (χ3v) is 3.71. The molecule has 0 unspecified atom stereocenters. The van der Waals surface area contributed by atoms with E-state index in [2.05, 4.69) is 0 Å². The smallest absolute Gasteiger partial charge is 0.344 e. The van der Waals surface area contributed by atoms with E-state index in [4.69, 9.17) is 9.47 Å². The first-order chi connectivity index (χ1) is 12.5. The molecule has 0 saturated carbocycles. The van der Waals surface area contributed by atoms with Gasteiger partial charge in [0.1, 0.15) is 5.75 Å². The van der Waals surface area contributed by atoms with Crippen LogP contribution in [-0.4, -0.2) is 18.5 Å². The first-order valence-electron chi connectivity index (χ1n) is 7.86. The average Bonchev–Trinajstić information content (AvgIpc) is 2.97. The van der Waals surface area contributed by atoms with E-state index in [1.807, 2.05) is 0 Å². The molecule has 0 saturated heterocycles. The molecule has 0 heterocycles. The highest BCUT2D eigenvalue weighted by Crippen LogP contribution is 2.36. The van der Waals surface area contributed by atoms with Gasteiger partial charge in [-0.15, -0.1) is 0 Å². The fourth-order valence-corrected chi connectivity index (χ4v) is 2.58. The lowest BCUT2D eigenvalue weighted by atomic mass is 10.0. The van der Waals surface area contributed by atoms with Gasteiger partial charge in [0.05, 0.1) is 12.2 Å². The molecule has 0 radical (unpaired) electrons. The van der Waals surface area contributed by atoms with Gasteiger partial charge < -0.3 is 9.47 Å². The summed E-state index contributed by atoms with van der Waals surface area (Å²) >= 11 is 0. The molecule has 132 valence electrons. The van der Waals surface area contributed by atoms with Gasteiger partial charge in [-0.1, -0.05) is 24.3 Å². The minimum absolute atomic E-state index is 0.129. The Morgan fingerprint density at radius 1 is 1.08 bits per heavy atom. The lowest BCUT2D eigenvalue weighted by molar-refractivity contribution is -0.137. The molecule has 0 amide bonds. The Morgan fingerprint density at radius 3 is 2.58 bits per heavy atom. The minimum atomic E-state index is -1.12. The molecule has 0 bridgehead atoms. The van der Waals surface area contributed by atoms with Crippen LogP contribution in [0.2, 0.25) is 0 Å². The molecular weight excluding hydrogens is 342 g/mol. The summed E-state index contributed by atoms with van der Waals surface area (Å²) in [5, 5.41) is 0. The Balaban J connectivity index is 1.92. The predicted octanol–water partition coefficient (Wildman–Crippen LogP) is 3.91. The summed E-state index contributed by atoms with van der Waals surface area (Å²) in [6.07, 6.45) is 2.79. The lowest BCUT2D eigenvalue weighted by Crippen LogP contribution is -2.12. The van der Waals surface area contributed by atoms with Gasteiger partial charge in [-0.25, -0.2) is 18.4 Å². The van der Waals surface area contributed by atoms with Gasteiger partial charge in [0.2, 0.25) is 0 Å². The fourth-order valence-electron chi connectivity index (χ4n) is 2.58. The van der Waals surface area contributed by atoms with Crippen molar-refractivity contribution < 1.29 is 27.8 Å². The average molecular weight is 356 g/mol. The van der Waals surface area contributed by atoms with Gasteiger partial charge >= 0.3 is 11.9 Å². The van der Waals surface area contributed by atoms with Crippen molar-refractivity contribution >= 4 is 23.6 Å². The Kier molecular flexibility index (Phi) is 4.93. The SMILES string of the molecule is CCOC(=O)/C=C1/C(C(=O)Oc2ccc(F)c(F)c2)=Cc2ccccc21. The molecule has 0 spiro atoms. The molecular formula is C20H14F2O4. The van der Waals surface area contributed by atoms with Crippen LogP contribution in [0.15, 0.2) is 54.1 Å². The van der Waals surface area contributed by atoms with Crippen molar-refractivity contribution in [2.24, 2.45) is 0 Å². The summed E-state index contributed by atoms with van der Waals surface area (Å²) in [7, 11) is 0. The molecule has 1 aliphatic carbocycles. The molecule has 4 nitrogen and oxygen atoms in total. The van der Waals surface area contributed by atoms with E-state index in [0.717, 1.165) is 23.8 Å². The molecule has 0 aliphatic heterocycles. The van der Waals surface area contributed by atoms with Crippen LogP contribution in [0.25, 0.3) is 11.6 Å². The zero-order valence-corrected chi connectivity index (χ0v) is 13.8. The zero-order chi connectivity index (χ0) is 18.7. The van der Waals surface area contributed by atoms with E-state index < -0.39 is 23.6 Å². The quantitative estimate of drug-likeness (QED) is 0.473. The molecule has 0 atom stereocenters. The Labute approximate surface area is 148 Å². The largest absolute Gasteiger partial charge is 0.463 e. The number of carbonyl (C=O) groups excluding carboxylic acids is 2. The van der Waals surface area contributed by atoms with Gasteiger partial charge in [-0.2, -0.15) is 0 Å². The van der Waals surface area contributed by atoms with Crippen LogP contribution in [0.1, 0.15) is 18.1 Å². The van der Waals surface area contributed by atoms with E-state index in [1.54, 1.807) is 37.3 Å². The summed E-state index contributed by atoms with van der Waals surface area (Å²) in [6.45, 7) is 1.87. The second-order valence-corrected chi connectivity index (χ2v) is 5.42. The second kappa shape index (κ2) is 7.31. The molecule has 2 aromatic rings. The second-order valence-electron chi connectivity index (χ2n) is 5.42. The van der Waals surface area contributed by atoms with Crippen LogP contribution in [0.4, 0.5) is 8.78 Å². The van der Waals surface area contributed by atoms with Crippen molar-refractivity contribution in [1.82, 2.24) is 0 Å². The highest BCUT2D eigenvalue weighted by atomic mass is 19.2. The number of rotatable bonds is 4. The van der Waals surface area contributed by atoms with Crippen molar-refractivity contribution in [3.63, 3.8) is 0 Å². The van der Waals surface area contributed by atoms with Gasteiger partial charge in [-0.3, -0.25) is 0 Å². The molecule has 1 aliphatic rings. The normalized spacial score (nSPS) is 14.0. The number of benzene rings is 2. The summed E-state index contributed by atoms with van der Waals surface area (Å²) < 4.78 is 36.3. The Bertz CT molecular complexity index is 945. The summed E-state index contributed by atoms with van der Waals surface area (Å²) in [6, 6.07) is 9.90. The first kappa shape index (κ1) is 17.5. The van der Waals surface area contributed by atoms with Gasteiger partial charge in [0.15, 0.2) is 11.6 Å². The highest BCUT2D eigenvalue weighted by molar-refractivity contribution is 6.18. The number of ether oxygens (including phenoxy) is 2. The number of esters is 2. The van der Waals surface area contributed by atoms with Crippen molar-refractivity contribution in [1.29, 1.82) is 0 Å². The van der Waals surface area contributed by atoms with Gasteiger partial charge in [0.25, 0.3) is 0 Å². The van der Waals surface area contributed by atoms with Crippen LogP contribution < -0.4 is 4.74 Å². The van der Waals surface area contributed by atoms with Crippen molar-refractivity contribution in [3.05, 3.63) is 76.9 Å². The minimum Gasteiger partial charge on any atom is -0.463 e. The predicted molar refractivity (Wildman–Crippen MR) is 91.0 cm³/mol. The maximum Gasteiger partial charge on any atom is 0.344 e. The van der Waals surface area contributed by atoms with Crippen LogP contribution in [0, 0.1) is 11.6 Å². The van der Waals surface area contributed by atoms with Gasteiger partial charge in [0, 0.05) is 17.7 Å². The fraction of sp³-hybridized carbons (Fsp3) is 0.100. The summed E-state index contributed by atoms with van der Waals surface area (Å²) in [5.74, 6) is -3.68. The number of hydrogen-bond acceptors (Lipinski definition) is 4. The molecule has 0 N–H and O–H groups in total. The lowest BCUT2D eigenvalue weighted by Gasteiger charge is -2.08. The van der Waals surface area contributed by atoms with Crippen molar-refractivity contribution in [2.75, 3.05) is 6.61 Å². The van der Waals surface area contributed by atoms with Crippen LogP contribution in [-0.2, 0) is 14.3 Å². The van der Waals surface area contributed by atoms with E-state index in [-0.39, 0.29) is 17.9 Å². The summed E-state index contributed by atoms with van der Waals surface area (Å²) in [5.41, 5.74) is 1.90. The molecule has 26 heavy (non-hydrogen) atoms. The van der Waals surface area contributed by atoms with E-state index in [1.165, 1.54) is 6.08 Å². The maximum absolute atomic E-state index is 13.3. The number of fused-ring (bicyclic) bond motifs is 1. The third-order valence-electron chi connectivity index (χ3n) is 3.71. The zero-order valence-electron chi connectivity index (χ0n) is 13.8. The molecule has 2 aromatic carbocycles. The number of carbonyl (C=O) groups is 2. The van der Waals surface area contributed by atoms with Crippen LogP contribution in [0.3, 0.4) is 0 Å². The van der Waals surface area contributed by atoms with E-state index in [0.29, 0.717) is 11.1 Å². The Morgan fingerprint density at radius 2 is 1.85 bits per heavy atom. The van der Waals surface area contributed by atoms with Crippen molar-refractivity contribution in [2.45, 2.75) is 6.92 Å². The third kappa shape index (κ3) is 3.54. The van der Waals surface area contributed by atoms with Gasteiger partial charge in [-0.05, 0) is 36.3 Å².